The summed E-state index contributed by atoms with van der Waals surface area (Å²) in [4.78, 5) is 12.0. The molecule has 1 amide bonds. The van der Waals surface area contributed by atoms with Gasteiger partial charge in [0.2, 0.25) is 5.91 Å². The van der Waals surface area contributed by atoms with Gasteiger partial charge in [0.05, 0.1) is 6.61 Å². The molecular weight excluding hydrogens is 286 g/mol. The third-order valence-corrected chi connectivity index (χ3v) is 3.48. The van der Waals surface area contributed by atoms with Gasteiger partial charge in [-0.05, 0) is 48.7 Å². The SMILES string of the molecule is CCCCOc1ccc(C=CC(=O)Nc2ccccc2C)cc1. The van der Waals surface area contributed by atoms with Crippen LogP contribution in [-0.2, 0) is 4.79 Å². The molecule has 0 aliphatic rings. The first-order chi connectivity index (χ1) is 11.2. The molecule has 0 bridgehead atoms. The monoisotopic (exact) mass is 309 g/mol. The molecule has 3 nitrogen and oxygen atoms in total. The highest BCUT2D eigenvalue weighted by Crippen LogP contribution is 2.15. The second kappa shape index (κ2) is 8.79. The van der Waals surface area contributed by atoms with Crippen LogP contribution in [-0.4, -0.2) is 12.5 Å². The number of carbonyl (C=O) groups is 1. The highest BCUT2D eigenvalue weighted by atomic mass is 16.5. The molecule has 0 radical (unpaired) electrons. The van der Waals surface area contributed by atoms with Crippen LogP contribution in [0, 0.1) is 6.92 Å². The van der Waals surface area contributed by atoms with Crippen LogP contribution in [0.3, 0.4) is 0 Å². The number of para-hydroxylation sites is 1. The molecule has 2 aromatic carbocycles. The van der Waals surface area contributed by atoms with E-state index in [1.54, 1.807) is 12.2 Å². The quantitative estimate of drug-likeness (QED) is 0.588. The van der Waals surface area contributed by atoms with Crippen molar-refractivity contribution in [1.29, 1.82) is 0 Å². The number of nitrogens with one attached hydrogen (secondary N) is 1. The van der Waals surface area contributed by atoms with Crippen molar-refractivity contribution in [2.24, 2.45) is 0 Å². The Morgan fingerprint density at radius 3 is 2.57 bits per heavy atom. The zero-order chi connectivity index (χ0) is 16.5. The van der Waals surface area contributed by atoms with E-state index in [2.05, 4.69) is 12.2 Å². The third kappa shape index (κ3) is 5.62. The minimum absolute atomic E-state index is 0.137. The molecule has 0 fully saturated rings. The summed E-state index contributed by atoms with van der Waals surface area (Å²) in [5, 5.41) is 2.88. The van der Waals surface area contributed by atoms with Gasteiger partial charge >= 0.3 is 0 Å². The summed E-state index contributed by atoms with van der Waals surface area (Å²) in [7, 11) is 0. The van der Waals surface area contributed by atoms with Gasteiger partial charge in [0.25, 0.3) is 0 Å². The first-order valence-electron chi connectivity index (χ1n) is 7.96. The molecule has 2 aromatic rings. The first-order valence-corrected chi connectivity index (χ1v) is 7.96. The molecule has 0 aliphatic carbocycles. The number of hydrogen-bond donors (Lipinski definition) is 1. The maximum absolute atomic E-state index is 12.0. The van der Waals surface area contributed by atoms with Crippen LogP contribution in [0.5, 0.6) is 5.75 Å². The maximum atomic E-state index is 12.0. The molecule has 0 spiro atoms. The summed E-state index contributed by atoms with van der Waals surface area (Å²) in [6.07, 6.45) is 5.51. The highest BCUT2D eigenvalue weighted by molar-refractivity contribution is 6.02. The summed E-state index contributed by atoms with van der Waals surface area (Å²) in [5.41, 5.74) is 2.84. The summed E-state index contributed by atoms with van der Waals surface area (Å²) in [6, 6.07) is 15.5. The lowest BCUT2D eigenvalue weighted by Crippen LogP contribution is -2.08. The standard InChI is InChI=1S/C20H23NO2/c1-3-4-15-23-18-12-9-17(10-13-18)11-14-20(22)21-19-8-6-5-7-16(19)2/h5-14H,3-4,15H2,1-2H3,(H,21,22). The van der Waals surface area contributed by atoms with Gasteiger partial charge in [-0.25, -0.2) is 0 Å². The summed E-state index contributed by atoms with van der Waals surface area (Å²) >= 11 is 0. The number of amides is 1. The van der Waals surface area contributed by atoms with Crippen molar-refractivity contribution in [3.8, 4) is 5.75 Å². The van der Waals surface area contributed by atoms with Crippen LogP contribution in [0.1, 0.15) is 30.9 Å². The largest absolute Gasteiger partial charge is 0.494 e. The van der Waals surface area contributed by atoms with Gasteiger partial charge in [-0.1, -0.05) is 43.7 Å². The molecule has 120 valence electrons. The molecule has 0 saturated carbocycles. The highest BCUT2D eigenvalue weighted by Gasteiger charge is 2.00. The van der Waals surface area contributed by atoms with Crippen LogP contribution in [0.2, 0.25) is 0 Å². The zero-order valence-electron chi connectivity index (χ0n) is 13.7. The molecule has 0 aromatic heterocycles. The van der Waals surface area contributed by atoms with Crippen LogP contribution in [0.4, 0.5) is 5.69 Å². The van der Waals surface area contributed by atoms with Crippen molar-refractivity contribution >= 4 is 17.7 Å². The molecule has 0 atom stereocenters. The normalized spacial score (nSPS) is 10.7. The van der Waals surface area contributed by atoms with Gasteiger partial charge in [0.1, 0.15) is 5.75 Å². The Labute approximate surface area is 138 Å². The predicted molar refractivity (Wildman–Crippen MR) is 95.7 cm³/mol. The molecule has 23 heavy (non-hydrogen) atoms. The fourth-order valence-electron chi connectivity index (χ4n) is 2.07. The van der Waals surface area contributed by atoms with Gasteiger partial charge in [-0.15, -0.1) is 0 Å². The fourth-order valence-corrected chi connectivity index (χ4v) is 2.07. The van der Waals surface area contributed by atoms with E-state index in [4.69, 9.17) is 4.74 Å². The minimum Gasteiger partial charge on any atom is -0.494 e. The van der Waals surface area contributed by atoms with E-state index in [0.717, 1.165) is 42.0 Å². The van der Waals surface area contributed by atoms with E-state index in [9.17, 15) is 4.79 Å². The summed E-state index contributed by atoms with van der Waals surface area (Å²) in [6.45, 7) is 4.85. The average Bonchev–Trinajstić information content (AvgIpc) is 2.56. The molecule has 2 rings (SSSR count). The van der Waals surface area contributed by atoms with Crippen molar-refractivity contribution in [3.05, 3.63) is 65.7 Å². The average molecular weight is 309 g/mol. The van der Waals surface area contributed by atoms with Gasteiger partial charge in [-0.2, -0.15) is 0 Å². The number of carbonyl (C=O) groups excluding carboxylic acids is 1. The smallest absolute Gasteiger partial charge is 0.248 e. The van der Waals surface area contributed by atoms with E-state index < -0.39 is 0 Å². The van der Waals surface area contributed by atoms with Crippen LogP contribution < -0.4 is 10.1 Å². The Balaban J connectivity index is 1.89. The number of benzene rings is 2. The Morgan fingerprint density at radius 2 is 1.87 bits per heavy atom. The number of unbranched alkanes of at least 4 members (excludes halogenated alkanes) is 1. The lowest BCUT2D eigenvalue weighted by Gasteiger charge is -2.06. The second-order valence-electron chi connectivity index (χ2n) is 5.41. The molecule has 1 N–H and O–H groups in total. The Kier molecular flexibility index (Phi) is 6.42. The fraction of sp³-hybridized carbons (Fsp3) is 0.250. The molecule has 3 heteroatoms. The number of ether oxygens (including phenoxy) is 1. The number of hydrogen-bond acceptors (Lipinski definition) is 2. The summed E-state index contributed by atoms with van der Waals surface area (Å²) in [5.74, 6) is 0.725. The van der Waals surface area contributed by atoms with E-state index in [-0.39, 0.29) is 5.91 Å². The third-order valence-electron chi connectivity index (χ3n) is 3.48. The van der Waals surface area contributed by atoms with Crippen LogP contribution in [0.15, 0.2) is 54.6 Å². The Hall–Kier alpha value is -2.55. The molecule has 0 saturated heterocycles. The number of anilines is 1. The second-order valence-corrected chi connectivity index (χ2v) is 5.41. The van der Waals surface area contributed by atoms with Crippen LogP contribution >= 0.6 is 0 Å². The number of rotatable bonds is 7. The van der Waals surface area contributed by atoms with E-state index in [0.29, 0.717) is 0 Å². The lowest BCUT2D eigenvalue weighted by molar-refractivity contribution is -0.111. The number of aryl methyl sites for hydroxylation is 1. The van der Waals surface area contributed by atoms with Crippen LogP contribution in [0.25, 0.3) is 6.08 Å². The zero-order valence-corrected chi connectivity index (χ0v) is 13.7. The van der Waals surface area contributed by atoms with Gasteiger partial charge in [-0.3, -0.25) is 4.79 Å². The van der Waals surface area contributed by atoms with Crippen molar-refractivity contribution in [2.45, 2.75) is 26.7 Å². The Bertz CT molecular complexity index is 660. The Morgan fingerprint density at radius 1 is 1.13 bits per heavy atom. The van der Waals surface area contributed by atoms with Crippen molar-refractivity contribution in [3.63, 3.8) is 0 Å². The molecule has 0 heterocycles. The molecule has 0 unspecified atom stereocenters. The van der Waals surface area contributed by atoms with Gasteiger partial charge in [0.15, 0.2) is 0 Å². The topological polar surface area (TPSA) is 38.3 Å². The van der Waals surface area contributed by atoms with E-state index >= 15 is 0 Å². The van der Waals surface area contributed by atoms with Crippen molar-refractivity contribution in [2.75, 3.05) is 11.9 Å². The molecule has 0 aliphatic heterocycles. The van der Waals surface area contributed by atoms with E-state index in [1.165, 1.54) is 0 Å². The van der Waals surface area contributed by atoms with E-state index in [1.807, 2.05) is 55.5 Å². The van der Waals surface area contributed by atoms with Crippen molar-refractivity contribution < 1.29 is 9.53 Å². The van der Waals surface area contributed by atoms with Crippen molar-refractivity contribution in [1.82, 2.24) is 0 Å². The lowest BCUT2D eigenvalue weighted by atomic mass is 10.2. The van der Waals surface area contributed by atoms with Gasteiger partial charge in [0, 0.05) is 11.8 Å². The minimum atomic E-state index is -0.137. The van der Waals surface area contributed by atoms with Gasteiger partial charge < -0.3 is 10.1 Å². The molecular formula is C20H23NO2. The summed E-state index contributed by atoms with van der Waals surface area (Å²) < 4.78 is 5.62. The first kappa shape index (κ1) is 16.8. The predicted octanol–water partition coefficient (Wildman–Crippen LogP) is 4.83. The maximum Gasteiger partial charge on any atom is 0.248 e.